The Labute approximate surface area is 232 Å². The van der Waals surface area contributed by atoms with E-state index >= 15 is 0 Å². The quantitative estimate of drug-likeness (QED) is 0.363. The smallest absolute Gasteiger partial charge is 0.102 e. The molecule has 2 saturated heterocycles. The van der Waals surface area contributed by atoms with Crippen molar-refractivity contribution in [2.24, 2.45) is 0 Å². The molecule has 0 aliphatic carbocycles. The van der Waals surface area contributed by atoms with Crippen molar-refractivity contribution in [3.8, 4) is 11.1 Å². The molecule has 0 saturated carbocycles. The zero-order chi connectivity index (χ0) is 27.9. The van der Waals surface area contributed by atoms with Gasteiger partial charge in [0.05, 0.1) is 0 Å². The van der Waals surface area contributed by atoms with E-state index in [4.69, 9.17) is 9.68 Å². The highest BCUT2D eigenvalue weighted by Crippen LogP contribution is 2.42. The van der Waals surface area contributed by atoms with Crippen LogP contribution >= 0.6 is 0 Å². The monoisotopic (exact) mass is 520 g/mol. The van der Waals surface area contributed by atoms with Gasteiger partial charge in [-0.05, 0) is 130 Å². The number of rotatable bonds is 7. The van der Waals surface area contributed by atoms with Crippen molar-refractivity contribution < 1.29 is 9.68 Å². The largest absolute Gasteiger partial charge is 0.290 e. The second-order valence-corrected chi connectivity index (χ2v) is 14.3. The average Bonchev–Trinajstić information content (AvgIpc) is 2.83. The molecule has 4 heteroatoms. The molecule has 2 atom stereocenters. The molecule has 2 heterocycles. The van der Waals surface area contributed by atoms with E-state index in [1.54, 1.807) is 0 Å². The molecule has 38 heavy (non-hydrogen) atoms. The Balaban J connectivity index is 1.42. The molecule has 2 fully saturated rings. The lowest BCUT2D eigenvalue weighted by molar-refractivity contribution is -0.304. The lowest BCUT2D eigenvalue weighted by atomic mass is 9.82. The van der Waals surface area contributed by atoms with Crippen LogP contribution in [0.1, 0.15) is 131 Å². The first kappa shape index (κ1) is 29.3. The highest BCUT2D eigenvalue weighted by Gasteiger charge is 2.44. The molecule has 2 aliphatic rings. The predicted octanol–water partition coefficient (Wildman–Crippen LogP) is 9.43. The van der Waals surface area contributed by atoms with Crippen LogP contribution in [0.5, 0.6) is 0 Å². The van der Waals surface area contributed by atoms with Crippen LogP contribution in [0.3, 0.4) is 0 Å². The Morgan fingerprint density at radius 3 is 1.03 bits per heavy atom. The molecule has 2 aromatic rings. The third kappa shape index (κ3) is 6.20. The fourth-order valence-corrected chi connectivity index (χ4v) is 6.85. The van der Waals surface area contributed by atoms with E-state index in [0.29, 0.717) is 0 Å². The molecule has 4 rings (SSSR count). The van der Waals surface area contributed by atoms with E-state index in [1.807, 2.05) is 0 Å². The zero-order valence-corrected chi connectivity index (χ0v) is 25.7. The number of benzene rings is 2. The molecule has 0 N–H and O–H groups in total. The van der Waals surface area contributed by atoms with Gasteiger partial charge in [0.15, 0.2) is 0 Å². The van der Waals surface area contributed by atoms with Gasteiger partial charge in [-0.25, -0.2) is 0 Å². The summed E-state index contributed by atoms with van der Waals surface area (Å²) < 4.78 is 0. The minimum Gasteiger partial charge on any atom is -0.290 e. The van der Waals surface area contributed by atoms with E-state index in [1.165, 1.54) is 35.1 Å². The number of hydroxylamine groups is 4. The molecule has 0 spiro atoms. The molecule has 0 amide bonds. The van der Waals surface area contributed by atoms with Crippen LogP contribution in [0.15, 0.2) is 48.5 Å². The van der Waals surface area contributed by atoms with Gasteiger partial charge in [0.25, 0.3) is 0 Å². The van der Waals surface area contributed by atoms with Crippen LogP contribution in [0, 0.1) is 0 Å². The Hall–Kier alpha value is -1.72. The summed E-state index contributed by atoms with van der Waals surface area (Å²) in [5.41, 5.74) is 5.01. The predicted molar refractivity (Wildman–Crippen MR) is 159 cm³/mol. The summed E-state index contributed by atoms with van der Waals surface area (Å²) >= 11 is 0. The number of hydrogen-bond acceptors (Lipinski definition) is 4. The van der Waals surface area contributed by atoms with Crippen molar-refractivity contribution in [2.45, 2.75) is 142 Å². The fraction of sp³-hybridized carbons (Fsp3) is 0.647. The maximum atomic E-state index is 6.60. The first-order valence-electron chi connectivity index (χ1n) is 14.8. The summed E-state index contributed by atoms with van der Waals surface area (Å²) in [4.78, 5) is 13.2. The van der Waals surface area contributed by atoms with Crippen molar-refractivity contribution >= 4 is 0 Å². The summed E-state index contributed by atoms with van der Waals surface area (Å²) in [5.74, 6) is 0. The highest BCUT2D eigenvalue weighted by molar-refractivity contribution is 5.64. The molecule has 210 valence electrons. The number of hydrogen-bond donors (Lipinski definition) is 0. The van der Waals surface area contributed by atoms with E-state index in [0.717, 1.165) is 25.7 Å². The lowest BCUT2D eigenvalue weighted by Gasteiger charge is -2.52. The van der Waals surface area contributed by atoms with Crippen molar-refractivity contribution in [3.05, 3.63) is 59.7 Å². The summed E-state index contributed by atoms with van der Waals surface area (Å²) in [6.07, 6.45) is 7.16. The molecule has 0 aromatic heterocycles. The Morgan fingerprint density at radius 1 is 0.500 bits per heavy atom. The van der Waals surface area contributed by atoms with Gasteiger partial charge >= 0.3 is 0 Å². The SMILES string of the molecule is CC(ON1C(C)(C)CCCC1(C)C)c1ccc(-c2ccc(C(C)ON3C(C)(C)CCCC3(C)C)cc2)cc1. The normalized spacial score (nSPS) is 24.6. The molecule has 2 aliphatic heterocycles. The second kappa shape index (κ2) is 10.7. The summed E-state index contributed by atoms with van der Waals surface area (Å²) in [6, 6.07) is 17.7. The lowest BCUT2D eigenvalue weighted by Crippen LogP contribution is -2.58. The van der Waals surface area contributed by atoms with E-state index < -0.39 is 0 Å². The maximum Gasteiger partial charge on any atom is 0.102 e. The topological polar surface area (TPSA) is 24.9 Å². The van der Waals surface area contributed by atoms with Crippen LogP contribution in [-0.2, 0) is 9.68 Å². The first-order chi connectivity index (χ1) is 17.6. The Kier molecular flexibility index (Phi) is 8.23. The molecular weight excluding hydrogens is 468 g/mol. The van der Waals surface area contributed by atoms with E-state index in [-0.39, 0.29) is 34.4 Å². The van der Waals surface area contributed by atoms with Gasteiger partial charge in [0.2, 0.25) is 0 Å². The van der Waals surface area contributed by atoms with Gasteiger partial charge in [0, 0.05) is 22.2 Å². The molecular formula is C34H52N2O2. The number of nitrogens with zero attached hydrogens (tertiary/aromatic N) is 2. The zero-order valence-electron chi connectivity index (χ0n) is 25.7. The Morgan fingerprint density at radius 2 is 0.763 bits per heavy atom. The van der Waals surface area contributed by atoms with Crippen LogP contribution in [-0.4, -0.2) is 32.3 Å². The standard InChI is InChI=1S/C34H52N2O2/c1-25(37-35-31(3,4)21-11-22-32(35,5)6)27-13-17-29(18-14-27)30-19-15-28(16-20-30)26(2)38-36-33(7,8)23-12-24-34(36,9)10/h13-20,25-26H,11-12,21-24H2,1-10H3. The Bertz CT molecular complexity index is 949. The average molecular weight is 521 g/mol. The van der Waals surface area contributed by atoms with Gasteiger partial charge in [0.1, 0.15) is 12.2 Å². The third-order valence-corrected chi connectivity index (χ3v) is 8.97. The van der Waals surface area contributed by atoms with E-state index in [9.17, 15) is 0 Å². The van der Waals surface area contributed by atoms with Gasteiger partial charge in [-0.15, -0.1) is 0 Å². The van der Waals surface area contributed by atoms with Crippen molar-refractivity contribution in [3.63, 3.8) is 0 Å². The maximum absolute atomic E-state index is 6.60. The van der Waals surface area contributed by atoms with Gasteiger partial charge < -0.3 is 0 Å². The molecule has 2 unspecified atom stereocenters. The molecule has 0 radical (unpaired) electrons. The number of piperidine rings is 2. The van der Waals surface area contributed by atoms with Crippen molar-refractivity contribution in [1.82, 2.24) is 10.1 Å². The minimum absolute atomic E-state index is 0.00404. The van der Waals surface area contributed by atoms with Crippen molar-refractivity contribution in [1.29, 1.82) is 0 Å². The summed E-state index contributed by atoms with van der Waals surface area (Å²) in [5, 5.41) is 4.52. The van der Waals surface area contributed by atoms with Crippen LogP contribution in [0.2, 0.25) is 0 Å². The van der Waals surface area contributed by atoms with Gasteiger partial charge in [-0.1, -0.05) is 48.5 Å². The van der Waals surface area contributed by atoms with Crippen molar-refractivity contribution in [2.75, 3.05) is 0 Å². The first-order valence-corrected chi connectivity index (χ1v) is 14.8. The van der Waals surface area contributed by atoms with Crippen LogP contribution < -0.4 is 0 Å². The summed E-state index contributed by atoms with van der Waals surface area (Å²) in [7, 11) is 0. The van der Waals surface area contributed by atoms with Crippen LogP contribution in [0.25, 0.3) is 11.1 Å². The van der Waals surface area contributed by atoms with E-state index in [2.05, 4.69) is 128 Å². The highest BCUT2D eigenvalue weighted by atomic mass is 16.7. The molecule has 2 aromatic carbocycles. The molecule has 0 bridgehead atoms. The molecule has 4 nitrogen and oxygen atoms in total. The van der Waals surface area contributed by atoms with Gasteiger partial charge in [-0.3, -0.25) is 9.68 Å². The fourth-order valence-electron chi connectivity index (χ4n) is 6.85. The van der Waals surface area contributed by atoms with Gasteiger partial charge in [-0.2, -0.15) is 10.1 Å². The summed E-state index contributed by atoms with van der Waals surface area (Å²) in [6.45, 7) is 22.7. The van der Waals surface area contributed by atoms with Crippen LogP contribution in [0.4, 0.5) is 0 Å². The minimum atomic E-state index is 0.00404. The second-order valence-electron chi connectivity index (χ2n) is 14.3. The third-order valence-electron chi connectivity index (χ3n) is 8.97.